The fourth-order valence-electron chi connectivity index (χ4n) is 2.12. The minimum absolute atomic E-state index is 0.334. The van der Waals surface area contributed by atoms with Crippen LogP contribution < -0.4 is 0 Å². The molecule has 0 N–H and O–H groups in total. The zero-order chi connectivity index (χ0) is 9.22. The second-order valence-electron chi connectivity index (χ2n) is 3.68. The van der Waals surface area contributed by atoms with E-state index >= 15 is 0 Å². The van der Waals surface area contributed by atoms with Gasteiger partial charge in [0.05, 0.1) is 5.69 Å². The molecule has 0 aromatic carbocycles. The number of alkyl halides is 2. The van der Waals surface area contributed by atoms with E-state index in [2.05, 4.69) is 5.16 Å². The Hall–Kier alpha value is 0.0800. The molecule has 0 aliphatic heterocycles. The van der Waals surface area contributed by atoms with E-state index in [9.17, 15) is 0 Å². The van der Waals surface area contributed by atoms with Crippen molar-refractivity contribution in [3.8, 4) is 0 Å². The highest BCUT2D eigenvalue weighted by Gasteiger charge is 2.64. The van der Waals surface area contributed by atoms with Gasteiger partial charge in [0.25, 0.3) is 0 Å². The maximum atomic E-state index is 6.08. The van der Waals surface area contributed by atoms with Crippen LogP contribution in [-0.2, 0) is 12.8 Å². The Morgan fingerprint density at radius 3 is 2.77 bits per heavy atom. The van der Waals surface area contributed by atoms with Gasteiger partial charge in [-0.2, -0.15) is 0 Å². The summed E-state index contributed by atoms with van der Waals surface area (Å²) >= 11 is 18.0. The molecule has 0 bridgehead atoms. The summed E-state index contributed by atoms with van der Waals surface area (Å²) in [5, 5.41) is 4.27. The molecule has 1 aromatic rings. The number of halogens is 3. The van der Waals surface area contributed by atoms with Gasteiger partial charge in [-0.25, -0.2) is 0 Å². The molecule has 1 heterocycles. The summed E-state index contributed by atoms with van der Waals surface area (Å²) in [6.07, 6.45) is 1.60. The molecule has 70 valence electrons. The first-order chi connectivity index (χ1) is 6.10. The molecule has 0 radical (unpaired) electrons. The average molecular weight is 239 g/mol. The first kappa shape index (κ1) is 8.39. The minimum Gasteiger partial charge on any atom is -0.344 e. The molecular formula is C8H6Cl3NO. The van der Waals surface area contributed by atoms with E-state index in [4.69, 9.17) is 39.3 Å². The number of aromatic nitrogens is 1. The van der Waals surface area contributed by atoms with E-state index in [1.807, 2.05) is 0 Å². The number of rotatable bonds is 0. The highest BCUT2D eigenvalue weighted by Crippen LogP contribution is 2.64. The molecule has 13 heavy (non-hydrogen) atoms. The lowest BCUT2D eigenvalue weighted by atomic mass is 9.99. The van der Waals surface area contributed by atoms with Gasteiger partial charge in [0.1, 0.15) is 4.33 Å². The highest BCUT2D eigenvalue weighted by atomic mass is 35.5. The third kappa shape index (κ3) is 0.997. The number of fused-ring (bicyclic) bond motifs is 2. The van der Waals surface area contributed by atoms with Gasteiger partial charge in [-0.3, -0.25) is 0 Å². The van der Waals surface area contributed by atoms with Crippen molar-refractivity contribution in [2.24, 2.45) is 11.8 Å². The summed E-state index contributed by atoms with van der Waals surface area (Å²) in [6.45, 7) is 0. The van der Waals surface area contributed by atoms with Crippen LogP contribution in [0, 0.1) is 11.8 Å². The quantitative estimate of drug-likeness (QED) is 0.650. The summed E-state index contributed by atoms with van der Waals surface area (Å²) in [5.41, 5.74) is 1.92. The molecule has 2 aliphatic carbocycles. The van der Waals surface area contributed by atoms with Crippen LogP contribution >= 0.6 is 34.8 Å². The molecule has 2 nitrogen and oxygen atoms in total. The van der Waals surface area contributed by atoms with Gasteiger partial charge in [-0.1, -0.05) is 5.16 Å². The first-order valence-corrected chi connectivity index (χ1v) is 5.25. The monoisotopic (exact) mass is 237 g/mol. The Labute approximate surface area is 90.1 Å². The zero-order valence-electron chi connectivity index (χ0n) is 6.56. The van der Waals surface area contributed by atoms with E-state index in [0.717, 1.165) is 24.1 Å². The van der Waals surface area contributed by atoms with E-state index in [0.29, 0.717) is 17.1 Å². The smallest absolute Gasteiger partial charge is 0.229 e. The van der Waals surface area contributed by atoms with Crippen LogP contribution in [-0.4, -0.2) is 9.49 Å². The van der Waals surface area contributed by atoms with E-state index in [1.54, 1.807) is 0 Å². The minimum atomic E-state index is -0.559. The molecule has 0 spiro atoms. The highest BCUT2D eigenvalue weighted by molar-refractivity contribution is 6.51. The maximum absolute atomic E-state index is 6.08. The predicted molar refractivity (Wildman–Crippen MR) is 50.3 cm³/mol. The zero-order valence-corrected chi connectivity index (χ0v) is 8.83. The summed E-state index contributed by atoms with van der Waals surface area (Å²) < 4.78 is 4.33. The Morgan fingerprint density at radius 1 is 1.31 bits per heavy atom. The van der Waals surface area contributed by atoms with Crippen molar-refractivity contribution in [3.05, 3.63) is 16.5 Å². The fourth-order valence-corrected chi connectivity index (χ4v) is 3.13. The summed E-state index contributed by atoms with van der Waals surface area (Å²) in [7, 11) is 0. The predicted octanol–water partition coefficient (Wildman–Crippen LogP) is 2.85. The third-order valence-corrected chi connectivity index (χ3v) is 4.44. The molecule has 0 unspecified atom stereocenters. The first-order valence-electron chi connectivity index (χ1n) is 4.11. The molecule has 0 amide bonds. The molecule has 5 heteroatoms. The van der Waals surface area contributed by atoms with Crippen LogP contribution in [0.2, 0.25) is 5.22 Å². The molecule has 1 aromatic heterocycles. The Morgan fingerprint density at radius 2 is 2.00 bits per heavy atom. The summed E-state index contributed by atoms with van der Waals surface area (Å²) in [5.74, 6) is 0.671. The van der Waals surface area contributed by atoms with Gasteiger partial charge in [-0.15, -0.1) is 23.2 Å². The van der Waals surface area contributed by atoms with Crippen molar-refractivity contribution in [2.45, 2.75) is 17.2 Å². The van der Waals surface area contributed by atoms with Crippen molar-refractivity contribution in [1.29, 1.82) is 0 Å². The van der Waals surface area contributed by atoms with Crippen LogP contribution in [0.25, 0.3) is 0 Å². The standard InChI is InChI=1S/C8H6Cl3NO/c9-7-3-1-4-5(8(4,10)11)2-6(3)12-13-7/h4-5H,1-2H2/t4-,5+/m1/s1. The molecular weight excluding hydrogens is 232 g/mol. The fraction of sp³-hybridized carbons (Fsp3) is 0.625. The van der Waals surface area contributed by atoms with Gasteiger partial charge in [-0.05, 0) is 24.4 Å². The largest absolute Gasteiger partial charge is 0.344 e. The van der Waals surface area contributed by atoms with Gasteiger partial charge >= 0.3 is 0 Å². The van der Waals surface area contributed by atoms with Crippen molar-refractivity contribution in [3.63, 3.8) is 0 Å². The molecule has 2 atom stereocenters. The number of nitrogens with zero attached hydrogens (tertiary/aromatic N) is 1. The second-order valence-corrected chi connectivity index (χ2v) is 5.46. The summed E-state index contributed by atoms with van der Waals surface area (Å²) in [6, 6.07) is 0. The van der Waals surface area contributed by atoms with Crippen LogP contribution in [0.4, 0.5) is 0 Å². The summed E-state index contributed by atoms with van der Waals surface area (Å²) in [4.78, 5) is 0. The van der Waals surface area contributed by atoms with Crippen LogP contribution in [0.5, 0.6) is 0 Å². The topological polar surface area (TPSA) is 26.0 Å². The van der Waals surface area contributed by atoms with Crippen molar-refractivity contribution in [1.82, 2.24) is 5.16 Å². The van der Waals surface area contributed by atoms with Crippen molar-refractivity contribution in [2.75, 3.05) is 0 Å². The number of hydrogen-bond acceptors (Lipinski definition) is 2. The van der Waals surface area contributed by atoms with E-state index in [-0.39, 0.29) is 0 Å². The maximum Gasteiger partial charge on any atom is 0.229 e. The lowest BCUT2D eigenvalue weighted by molar-refractivity contribution is 0.412. The molecule has 1 fully saturated rings. The van der Waals surface area contributed by atoms with E-state index in [1.165, 1.54) is 0 Å². The van der Waals surface area contributed by atoms with Crippen LogP contribution in [0.3, 0.4) is 0 Å². The molecule has 2 aliphatic rings. The molecule has 1 saturated carbocycles. The van der Waals surface area contributed by atoms with Gasteiger partial charge < -0.3 is 4.52 Å². The number of hydrogen-bond donors (Lipinski definition) is 0. The third-order valence-electron chi connectivity index (χ3n) is 3.02. The van der Waals surface area contributed by atoms with Gasteiger partial charge in [0.15, 0.2) is 0 Å². The Balaban J connectivity index is 2.00. The average Bonchev–Trinajstić information content (AvgIpc) is 2.46. The SMILES string of the molecule is Clc1onc2c1C[C@@H]1[C@H](C2)C1(Cl)Cl. The van der Waals surface area contributed by atoms with E-state index < -0.39 is 4.33 Å². The molecule has 0 saturated heterocycles. The lowest BCUT2D eigenvalue weighted by Gasteiger charge is -2.04. The lowest BCUT2D eigenvalue weighted by Crippen LogP contribution is -2.03. The molecule has 3 rings (SSSR count). The van der Waals surface area contributed by atoms with Gasteiger partial charge in [0.2, 0.25) is 5.22 Å². The van der Waals surface area contributed by atoms with Crippen LogP contribution in [0.15, 0.2) is 4.52 Å². The Bertz CT molecular complexity index is 373. The van der Waals surface area contributed by atoms with Crippen LogP contribution in [0.1, 0.15) is 11.3 Å². The second kappa shape index (κ2) is 2.36. The Kier molecular flexibility index (Phi) is 1.52. The van der Waals surface area contributed by atoms with Crippen molar-refractivity contribution >= 4 is 34.8 Å². The normalized spacial score (nSPS) is 33.8. The van der Waals surface area contributed by atoms with Crippen molar-refractivity contribution < 1.29 is 4.52 Å². The van der Waals surface area contributed by atoms with Gasteiger partial charge in [0, 0.05) is 17.4 Å².